The summed E-state index contributed by atoms with van der Waals surface area (Å²) >= 11 is 0. The Morgan fingerprint density at radius 2 is 0.604 bits per heavy atom. The molecule has 0 saturated carbocycles. The van der Waals surface area contributed by atoms with E-state index in [2.05, 4.69) is 84.3 Å². The summed E-state index contributed by atoms with van der Waals surface area (Å²) in [5.74, 6) is 0. The predicted octanol–water partition coefficient (Wildman–Crippen LogP) is 13.5. The van der Waals surface area contributed by atoms with Gasteiger partial charge in [-0.25, -0.2) is 0 Å². The molecule has 3 rings (SSSR count). The van der Waals surface area contributed by atoms with E-state index in [0.717, 1.165) is 0 Å². The molecule has 0 spiro atoms. The van der Waals surface area contributed by atoms with Crippen molar-refractivity contribution in [3.63, 3.8) is 0 Å². The molecular weight excluding hydrogens is 618 g/mol. The average Bonchev–Trinajstić information content (AvgIpc) is 3.11. The molecule has 0 aliphatic carbocycles. The molecule has 1 aliphatic heterocycles. The molecule has 1 fully saturated rings. The van der Waals surface area contributed by atoms with Gasteiger partial charge in [0.25, 0.3) is 0 Å². The van der Waals surface area contributed by atoms with Crippen molar-refractivity contribution in [3.05, 3.63) is 60.7 Å². The standard InChI is InChI=1S/C44H76N2P2/c1-3-5-7-9-11-13-15-17-19-21-23-31-37-45-39-47(43-33-27-25-28-34-43)41-46(42-48(40-45)44-35-29-26-30-36-44)38-32-24-22-20-18-16-14-12-10-8-6-4-2/h25-30,33-36H,3-24,31-32,37-42H2,1-2H3. The molecular formula is C44H76N2P2. The molecule has 1 saturated heterocycles. The Bertz CT molecular complexity index is 879. The second-order valence-electron chi connectivity index (χ2n) is 14.9. The van der Waals surface area contributed by atoms with Crippen LogP contribution in [0.4, 0.5) is 0 Å². The molecule has 2 aromatic carbocycles. The molecule has 4 heteroatoms. The van der Waals surface area contributed by atoms with Crippen LogP contribution in [0.1, 0.15) is 168 Å². The van der Waals surface area contributed by atoms with Gasteiger partial charge in [0.15, 0.2) is 0 Å². The van der Waals surface area contributed by atoms with Crippen LogP contribution in [0, 0.1) is 0 Å². The van der Waals surface area contributed by atoms with Crippen LogP contribution in [0.15, 0.2) is 60.7 Å². The normalized spacial score (nSPS) is 17.8. The minimum Gasteiger partial charge on any atom is -0.294 e. The summed E-state index contributed by atoms with van der Waals surface area (Å²) in [6.45, 7) is 7.20. The first-order valence-corrected chi connectivity index (χ1v) is 24.3. The molecule has 0 amide bonds. The lowest BCUT2D eigenvalue weighted by Gasteiger charge is -2.39. The quantitative estimate of drug-likeness (QED) is 0.0646. The monoisotopic (exact) mass is 695 g/mol. The maximum Gasteiger partial charge on any atom is 0.0240 e. The summed E-state index contributed by atoms with van der Waals surface area (Å²) in [5.41, 5.74) is 0. The molecule has 0 radical (unpaired) electrons. The van der Waals surface area contributed by atoms with E-state index in [-0.39, 0.29) is 15.8 Å². The van der Waals surface area contributed by atoms with Gasteiger partial charge in [-0.2, -0.15) is 0 Å². The van der Waals surface area contributed by atoms with Crippen molar-refractivity contribution in [1.82, 2.24) is 9.80 Å². The van der Waals surface area contributed by atoms with Gasteiger partial charge in [-0.1, -0.05) is 216 Å². The van der Waals surface area contributed by atoms with Crippen molar-refractivity contribution in [1.29, 1.82) is 0 Å². The van der Waals surface area contributed by atoms with E-state index in [1.165, 1.54) is 192 Å². The number of nitrogens with zero attached hydrogens (tertiary/aromatic N) is 2. The summed E-state index contributed by atoms with van der Waals surface area (Å²) in [7, 11) is -0.392. The van der Waals surface area contributed by atoms with E-state index in [1.54, 1.807) is 10.6 Å². The Morgan fingerprint density at radius 3 is 0.875 bits per heavy atom. The summed E-state index contributed by atoms with van der Waals surface area (Å²) in [6, 6.07) is 23.2. The Kier molecular flexibility index (Phi) is 25.0. The fraction of sp³-hybridized carbons (Fsp3) is 0.727. The van der Waals surface area contributed by atoms with Crippen LogP contribution in [0.2, 0.25) is 0 Å². The molecule has 48 heavy (non-hydrogen) atoms. The Hall–Kier alpha value is -0.780. The average molecular weight is 695 g/mol. The zero-order valence-corrected chi connectivity index (χ0v) is 33.6. The number of rotatable bonds is 28. The van der Waals surface area contributed by atoms with Crippen molar-refractivity contribution in [2.45, 2.75) is 168 Å². The molecule has 2 aromatic rings. The largest absolute Gasteiger partial charge is 0.294 e. The van der Waals surface area contributed by atoms with E-state index < -0.39 is 0 Å². The second kappa shape index (κ2) is 28.9. The van der Waals surface area contributed by atoms with Crippen LogP contribution >= 0.6 is 15.8 Å². The van der Waals surface area contributed by atoms with Gasteiger partial charge in [0.2, 0.25) is 0 Å². The van der Waals surface area contributed by atoms with Gasteiger partial charge in [-0.15, -0.1) is 0 Å². The first-order valence-electron chi connectivity index (χ1n) is 20.8. The summed E-state index contributed by atoms with van der Waals surface area (Å²) in [6.07, 6.45) is 39.4. The minimum atomic E-state index is -0.196. The molecule has 2 nitrogen and oxygen atoms in total. The van der Waals surface area contributed by atoms with E-state index in [0.29, 0.717) is 0 Å². The Labute approximate surface area is 302 Å². The Balaban J connectivity index is 1.45. The topological polar surface area (TPSA) is 6.48 Å². The molecule has 1 heterocycles. The van der Waals surface area contributed by atoms with Crippen molar-refractivity contribution >= 4 is 26.5 Å². The van der Waals surface area contributed by atoms with Gasteiger partial charge in [0, 0.05) is 25.1 Å². The van der Waals surface area contributed by atoms with E-state index in [9.17, 15) is 0 Å². The van der Waals surface area contributed by atoms with Gasteiger partial charge in [0.1, 0.15) is 0 Å². The van der Waals surface area contributed by atoms with Gasteiger partial charge < -0.3 is 0 Å². The molecule has 1 aliphatic rings. The molecule has 272 valence electrons. The van der Waals surface area contributed by atoms with Crippen LogP contribution in [0.25, 0.3) is 0 Å². The summed E-state index contributed by atoms with van der Waals surface area (Å²) < 4.78 is 0. The number of hydrogen-bond acceptors (Lipinski definition) is 2. The highest BCUT2D eigenvalue weighted by atomic mass is 31.1. The first-order chi connectivity index (χ1) is 23.8. The van der Waals surface area contributed by atoms with Gasteiger partial charge in [-0.05, 0) is 52.4 Å². The van der Waals surface area contributed by atoms with Crippen molar-refractivity contribution < 1.29 is 0 Å². The highest BCUT2D eigenvalue weighted by molar-refractivity contribution is 7.67. The number of benzene rings is 2. The van der Waals surface area contributed by atoms with Gasteiger partial charge in [0.05, 0.1) is 0 Å². The van der Waals surface area contributed by atoms with Gasteiger partial charge >= 0.3 is 0 Å². The van der Waals surface area contributed by atoms with E-state index in [4.69, 9.17) is 0 Å². The fourth-order valence-electron chi connectivity index (χ4n) is 7.38. The predicted molar refractivity (Wildman–Crippen MR) is 221 cm³/mol. The maximum atomic E-state index is 2.91. The molecule has 0 atom stereocenters. The lowest BCUT2D eigenvalue weighted by molar-refractivity contribution is 0.327. The van der Waals surface area contributed by atoms with Crippen LogP contribution < -0.4 is 10.6 Å². The molecule has 0 bridgehead atoms. The van der Waals surface area contributed by atoms with Crippen LogP contribution in [0.5, 0.6) is 0 Å². The molecule has 0 aromatic heterocycles. The maximum absolute atomic E-state index is 2.91. The number of hydrogen-bond donors (Lipinski definition) is 0. The summed E-state index contributed by atoms with van der Waals surface area (Å²) in [4.78, 5) is 5.82. The smallest absolute Gasteiger partial charge is 0.0240 e. The highest BCUT2D eigenvalue weighted by Gasteiger charge is 2.27. The third kappa shape index (κ3) is 19.6. The first kappa shape index (κ1) is 41.6. The van der Waals surface area contributed by atoms with Gasteiger partial charge in [-0.3, -0.25) is 9.80 Å². The van der Waals surface area contributed by atoms with Crippen LogP contribution in [-0.4, -0.2) is 48.0 Å². The van der Waals surface area contributed by atoms with E-state index >= 15 is 0 Å². The second-order valence-corrected chi connectivity index (χ2v) is 19.2. The zero-order chi connectivity index (χ0) is 33.7. The molecule has 0 unspecified atom stereocenters. The third-order valence-corrected chi connectivity index (χ3v) is 15.4. The molecule has 0 N–H and O–H groups in total. The fourth-order valence-corrected chi connectivity index (χ4v) is 12.6. The SMILES string of the molecule is CCCCCCCCCCCCCCN1CP(c2ccccc2)CN(CCCCCCCCCCCCCC)CP(c2ccccc2)C1. The summed E-state index contributed by atoms with van der Waals surface area (Å²) in [5, 5.41) is 3.22. The third-order valence-electron chi connectivity index (χ3n) is 10.4. The lowest BCUT2D eigenvalue weighted by atomic mass is 10.1. The van der Waals surface area contributed by atoms with E-state index in [1.807, 2.05) is 0 Å². The zero-order valence-electron chi connectivity index (χ0n) is 31.8. The van der Waals surface area contributed by atoms with Crippen molar-refractivity contribution in [2.24, 2.45) is 0 Å². The Morgan fingerprint density at radius 1 is 0.354 bits per heavy atom. The van der Waals surface area contributed by atoms with Crippen molar-refractivity contribution in [2.75, 3.05) is 38.2 Å². The number of unbranched alkanes of at least 4 members (excludes halogenated alkanes) is 22. The minimum absolute atomic E-state index is 0.196. The van der Waals surface area contributed by atoms with Crippen LogP contribution in [0.3, 0.4) is 0 Å². The highest BCUT2D eigenvalue weighted by Crippen LogP contribution is 2.45. The van der Waals surface area contributed by atoms with Crippen LogP contribution in [-0.2, 0) is 0 Å². The lowest BCUT2D eigenvalue weighted by Crippen LogP contribution is -2.38. The van der Waals surface area contributed by atoms with Crippen molar-refractivity contribution in [3.8, 4) is 0 Å².